The topological polar surface area (TPSA) is 48.6 Å². The van der Waals surface area contributed by atoms with E-state index in [-0.39, 0.29) is 97.4 Å². The van der Waals surface area contributed by atoms with Gasteiger partial charge in [-0.25, -0.2) is 33.3 Å². The minimum absolute atomic E-state index is 0. The fourth-order valence-electron chi connectivity index (χ4n) is 13.7. The largest absolute Gasteiger partial charge is 2.00 e. The van der Waals surface area contributed by atoms with E-state index in [4.69, 9.17) is 0 Å². The van der Waals surface area contributed by atoms with Crippen LogP contribution in [0.1, 0.15) is 106 Å². The van der Waals surface area contributed by atoms with Gasteiger partial charge < -0.3 is 71.7 Å². The quantitative estimate of drug-likeness (QED) is 0.0422. The van der Waals surface area contributed by atoms with E-state index in [0.29, 0.717) is 75.9 Å². The van der Waals surface area contributed by atoms with Gasteiger partial charge in [-0.05, 0) is 93.1 Å². The van der Waals surface area contributed by atoms with Gasteiger partial charge in [0.25, 0.3) is 69.8 Å². The second-order valence-electron chi connectivity index (χ2n) is 27.1. The number of benzene rings is 5. The Balaban J connectivity index is 0.000000624. The number of anilines is 5. The molecule has 0 aromatic heterocycles. The van der Waals surface area contributed by atoms with Crippen LogP contribution < -0.4 is 24.1 Å². The standard InChI is InChI=1S/C16H27B2N3.C15H25B2N3.C14H23B2N3.2C13H21B2N3.5Ru/c1-5-6-7-11-14-21-17(2)19(4)15-20(18(21)3)16-12-9-8-10-13-16;1-5-6-10-13-20-16(2)18(4)14-19(17(20)3)15-11-8-7-9-12-15;1-5-6-12-19-15(2)17(4)13-18(16(19)3)14-10-8-7-9-11-14;1-12(2)18-14(3)16(5)11-17(15(18)4)13-9-7-6-8-10-13;1-5-11-18-14(2)16(4)12-17(15(18)3)13-9-7-6-8-10-13;;;;;/h8-10,12,15H,5-7,11,14H2,1-4H3;7-9,11,14H,5-6,10,13H2,1-4H3;7-10,13H,5-6,12H2,1-4H3;6-9,11-12H,1-5H3;6-9,12H,5,11H2,1-4H3;;;;;/q5*-2;5*+2. The molecule has 15 nitrogen and oxygen atoms in total. The van der Waals surface area contributed by atoms with Gasteiger partial charge in [0.05, 0.1) is 0 Å². The van der Waals surface area contributed by atoms with E-state index in [1.54, 1.807) is 0 Å². The van der Waals surface area contributed by atoms with Crippen LogP contribution in [0.2, 0.25) is 68.2 Å². The molecule has 0 unspecified atom stereocenters. The van der Waals surface area contributed by atoms with Gasteiger partial charge in [0.15, 0.2) is 0 Å². The second kappa shape index (κ2) is 51.0. The summed E-state index contributed by atoms with van der Waals surface area (Å²) in [4.78, 5) is 22.9. The van der Waals surface area contributed by atoms with Crippen LogP contribution in [0.3, 0.4) is 0 Å². The Kier molecular flexibility index (Phi) is 49.2. The molecule has 5 fully saturated rings. The molecule has 0 atom stereocenters. The van der Waals surface area contributed by atoms with Crippen molar-refractivity contribution in [1.29, 1.82) is 0 Å². The van der Waals surface area contributed by atoms with Gasteiger partial charge >= 0.3 is 97.4 Å². The zero-order valence-electron chi connectivity index (χ0n) is 65.2. The molecular weight excluding hydrogens is 1680 g/mol. The Morgan fingerprint density at radius 1 is 0.287 bits per heavy atom. The van der Waals surface area contributed by atoms with Crippen LogP contribution in [0.25, 0.3) is 0 Å². The van der Waals surface area contributed by atoms with E-state index in [9.17, 15) is 0 Å². The van der Waals surface area contributed by atoms with Crippen LogP contribution in [0.4, 0.5) is 28.4 Å². The summed E-state index contributed by atoms with van der Waals surface area (Å²) < 4.78 is 12.7. The molecule has 101 heavy (non-hydrogen) atoms. The molecule has 0 spiro atoms. The third-order valence-electron chi connectivity index (χ3n) is 20.2. The summed E-state index contributed by atoms with van der Waals surface area (Å²) in [6.07, 6.45) is 12.8. The zero-order chi connectivity index (χ0) is 70.0. The first-order valence-corrected chi connectivity index (χ1v) is 36.5. The van der Waals surface area contributed by atoms with Crippen molar-refractivity contribution in [3.8, 4) is 0 Å². The molecular formula is C71H117B10N15Ru5. The molecule has 0 N–H and O–H groups in total. The molecule has 30 heteroatoms. The molecule has 0 aliphatic carbocycles. The second-order valence-corrected chi connectivity index (χ2v) is 27.1. The molecule has 5 aliphatic heterocycles. The van der Waals surface area contributed by atoms with E-state index in [2.05, 4.69) is 341 Å². The van der Waals surface area contributed by atoms with Gasteiger partial charge in [-0.15, -0.1) is 28.4 Å². The number of hydrogen-bond acceptors (Lipinski definition) is 15. The molecule has 5 aromatic carbocycles. The third kappa shape index (κ3) is 28.1. The van der Waals surface area contributed by atoms with Crippen LogP contribution in [-0.4, -0.2) is 185 Å². The van der Waals surface area contributed by atoms with E-state index in [0.717, 1.165) is 54.6 Å². The molecule has 0 bridgehead atoms. The smallest absolute Gasteiger partial charge is 0.562 e. The molecule has 546 valence electrons. The van der Waals surface area contributed by atoms with Crippen molar-refractivity contribution in [2.24, 2.45) is 0 Å². The summed E-state index contributed by atoms with van der Waals surface area (Å²) in [5, 5.41) is 0. The summed E-state index contributed by atoms with van der Waals surface area (Å²) in [5.41, 5.74) is 5.66. The Hall–Kier alpha value is -1.53. The molecule has 10 rings (SSSR count). The zero-order valence-corrected chi connectivity index (χ0v) is 73.9. The summed E-state index contributed by atoms with van der Waals surface area (Å²) in [6, 6.07) is 58.0. The molecule has 0 radical (unpaired) electrons. The molecule has 5 heterocycles. The first-order valence-electron chi connectivity index (χ1n) is 36.5. The predicted octanol–water partition coefficient (Wildman–Crippen LogP) is 13.9. The van der Waals surface area contributed by atoms with Crippen molar-refractivity contribution < 1.29 is 97.4 Å². The van der Waals surface area contributed by atoms with Crippen LogP contribution in [0.15, 0.2) is 121 Å². The van der Waals surface area contributed by atoms with Crippen molar-refractivity contribution in [3.05, 3.63) is 185 Å². The fraction of sp³-hybridized carbons (Fsp3) is 0.507. The Bertz CT molecular complexity index is 2880. The number of rotatable bonds is 20. The van der Waals surface area contributed by atoms with Crippen molar-refractivity contribution >= 4 is 98.3 Å². The number of para-hydroxylation sites is 5. The van der Waals surface area contributed by atoms with Gasteiger partial charge in [0.1, 0.15) is 0 Å². The first kappa shape index (κ1) is 97.5. The fourth-order valence-corrected chi connectivity index (χ4v) is 13.7. The van der Waals surface area contributed by atoms with E-state index < -0.39 is 0 Å². The number of nitrogens with zero attached hydrogens (tertiary/aromatic N) is 15. The SMILES string of the molecule is CB1N(C)[CH-]N(c2[c-]cccc2)B(C)N1C(C)C.CCCCCCN1B(C)N(C)[CH-]N(c2[c-]cccc2)B1C.CCCCCN1B(C)N(C)[CH-]N(c2[c-]cccc2)B1C.CCCCN1B(C)N(C)[CH-]N(c2[c-]cccc2)B1C.CCCN1B(C)N(C)[CH-]N(c2[c-]cccc2)B1C.[Ru+2].[Ru+2].[Ru+2].[Ru+2].[Ru+2]. The van der Waals surface area contributed by atoms with E-state index >= 15 is 0 Å². The Labute approximate surface area is 687 Å². The van der Waals surface area contributed by atoms with Crippen molar-refractivity contribution in [1.82, 2.24) is 47.7 Å². The van der Waals surface area contributed by atoms with E-state index in [1.165, 1.54) is 64.2 Å². The average Bonchev–Trinajstić information content (AvgIpc) is 0.818. The summed E-state index contributed by atoms with van der Waals surface area (Å²) in [6.45, 7) is 55.8. The maximum atomic E-state index is 3.34. The monoisotopic (exact) mass is 1800 g/mol. The molecule has 5 aliphatic rings. The number of hydrogen-bond donors (Lipinski definition) is 0. The minimum atomic E-state index is 0. The van der Waals surface area contributed by atoms with Crippen molar-refractivity contribution in [2.75, 3.05) is 85.5 Å². The first-order chi connectivity index (χ1) is 46.1. The van der Waals surface area contributed by atoms with Gasteiger partial charge in [0, 0.05) is 0 Å². The van der Waals surface area contributed by atoms with Crippen molar-refractivity contribution in [3.63, 3.8) is 0 Å². The summed E-state index contributed by atoms with van der Waals surface area (Å²) in [5.74, 6) is 0. The molecule has 5 aromatic rings. The van der Waals surface area contributed by atoms with Crippen LogP contribution >= 0.6 is 0 Å². The van der Waals surface area contributed by atoms with Gasteiger partial charge in [-0.3, -0.25) is 0 Å². The van der Waals surface area contributed by atoms with E-state index in [1.807, 2.05) is 60.7 Å². The van der Waals surface area contributed by atoms with Gasteiger partial charge in [-0.1, -0.05) is 148 Å². The molecule has 0 saturated carbocycles. The van der Waals surface area contributed by atoms with Gasteiger partial charge in [-0.2, -0.15) is 152 Å². The Morgan fingerprint density at radius 3 is 0.772 bits per heavy atom. The predicted molar refractivity (Wildman–Crippen MR) is 428 cm³/mol. The maximum absolute atomic E-state index is 3.34. The third-order valence-corrected chi connectivity index (χ3v) is 20.2. The van der Waals surface area contributed by atoms with Crippen LogP contribution in [0.5, 0.6) is 0 Å². The molecule has 0 amide bonds. The summed E-state index contributed by atoms with van der Waals surface area (Å²) >= 11 is 0. The molecule has 5 saturated heterocycles. The van der Waals surface area contributed by atoms with Gasteiger partial charge in [0.2, 0.25) is 0 Å². The normalized spacial score (nSPS) is 17.3. The van der Waals surface area contributed by atoms with Crippen LogP contribution in [-0.2, 0) is 97.4 Å². The summed E-state index contributed by atoms with van der Waals surface area (Å²) in [7, 11) is 10.7. The average molecular weight is 1790 g/mol. The Morgan fingerprint density at radius 2 is 0.525 bits per heavy atom. The van der Waals surface area contributed by atoms with Crippen molar-refractivity contribution in [2.45, 2.75) is 180 Å². The number of unbranched alkanes of at least 4 members (excludes halogenated alkanes) is 6. The maximum Gasteiger partial charge on any atom is 2.00 e. The minimum Gasteiger partial charge on any atom is -0.562 e. The van der Waals surface area contributed by atoms with Crippen LogP contribution in [0, 0.1) is 63.7 Å².